The number of aromatic carboxylic acids is 1. The van der Waals surface area contributed by atoms with Gasteiger partial charge < -0.3 is 9.52 Å². The Kier molecular flexibility index (Phi) is 3.38. The van der Waals surface area contributed by atoms with E-state index in [-0.39, 0.29) is 28.0 Å². The van der Waals surface area contributed by atoms with E-state index >= 15 is 0 Å². The number of rotatable bonds is 3. The molecule has 1 heterocycles. The molecule has 0 bridgehead atoms. The highest BCUT2D eigenvalue weighted by molar-refractivity contribution is 5.97. The third-order valence-corrected chi connectivity index (χ3v) is 3.35. The fourth-order valence-electron chi connectivity index (χ4n) is 2.27. The van der Waals surface area contributed by atoms with Crippen LogP contribution < -0.4 is 5.43 Å². The van der Waals surface area contributed by atoms with E-state index in [4.69, 9.17) is 4.42 Å². The summed E-state index contributed by atoms with van der Waals surface area (Å²) in [5.74, 6) is -1.55. The van der Waals surface area contributed by atoms with Crippen molar-refractivity contribution < 1.29 is 19.2 Å². The van der Waals surface area contributed by atoms with Crippen LogP contribution in [0.15, 0.2) is 57.7 Å². The first-order valence-corrected chi connectivity index (χ1v) is 6.53. The fourth-order valence-corrected chi connectivity index (χ4v) is 2.27. The number of hydrogen-bond acceptors (Lipinski definition) is 5. The number of nitro groups is 1. The molecule has 0 saturated heterocycles. The van der Waals surface area contributed by atoms with E-state index < -0.39 is 21.9 Å². The van der Waals surface area contributed by atoms with E-state index in [0.717, 1.165) is 0 Å². The Morgan fingerprint density at radius 3 is 2.35 bits per heavy atom. The van der Waals surface area contributed by atoms with E-state index in [1.54, 1.807) is 18.2 Å². The van der Waals surface area contributed by atoms with Gasteiger partial charge in [-0.3, -0.25) is 14.9 Å². The van der Waals surface area contributed by atoms with Crippen LogP contribution in [0, 0.1) is 10.1 Å². The summed E-state index contributed by atoms with van der Waals surface area (Å²) in [5, 5.41) is 20.2. The highest BCUT2D eigenvalue weighted by Gasteiger charge is 2.22. The minimum absolute atomic E-state index is 0.129. The lowest BCUT2D eigenvalue weighted by atomic mass is 10.0. The van der Waals surface area contributed by atoms with Gasteiger partial charge in [0.15, 0.2) is 11.3 Å². The fraction of sp³-hybridized carbons (Fsp3) is 0. The van der Waals surface area contributed by atoms with E-state index in [9.17, 15) is 24.8 Å². The van der Waals surface area contributed by atoms with Crippen molar-refractivity contribution in [3.8, 4) is 11.3 Å². The smallest absolute Gasteiger partial charge is 0.343 e. The Balaban J connectivity index is 2.31. The average molecular weight is 311 g/mol. The van der Waals surface area contributed by atoms with Crippen molar-refractivity contribution in [2.24, 2.45) is 0 Å². The van der Waals surface area contributed by atoms with Crippen LogP contribution in [0.4, 0.5) is 5.69 Å². The second-order valence-electron chi connectivity index (χ2n) is 4.74. The number of fused-ring (bicyclic) bond motifs is 1. The monoisotopic (exact) mass is 311 g/mol. The third-order valence-electron chi connectivity index (χ3n) is 3.35. The number of hydrogen-bond donors (Lipinski definition) is 1. The van der Waals surface area contributed by atoms with Crippen molar-refractivity contribution in [2.75, 3.05) is 0 Å². The Morgan fingerprint density at radius 1 is 1.09 bits per heavy atom. The Morgan fingerprint density at radius 2 is 1.74 bits per heavy atom. The van der Waals surface area contributed by atoms with Crippen LogP contribution in [-0.4, -0.2) is 16.0 Å². The second kappa shape index (κ2) is 5.38. The summed E-state index contributed by atoms with van der Waals surface area (Å²) in [4.78, 5) is 34.0. The Bertz CT molecular complexity index is 988. The van der Waals surface area contributed by atoms with Gasteiger partial charge in [-0.1, -0.05) is 12.1 Å². The van der Waals surface area contributed by atoms with Crippen molar-refractivity contribution in [2.45, 2.75) is 0 Å². The zero-order valence-electron chi connectivity index (χ0n) is 11.6. The van der Waals surface area contributed by atoms with Crippen LogP contribution in [-0.2, 0) is 0 Å². The number of nitrogens with zero attached hydrogens (tertiary/aromatic N) is 1. The summed E-state index contributed by atoms with van der Waals surface area (Å²) in [7, 11) is 0. The average Bonchev–Trinajstić information content (AvgIpc) is 2.54. The van der Waals surface area contributed by atoms with Gasteiger partial charge in [-0.25, -0.2) is 4.79 Å². The van der Waals surface area contributed by atoms with Crippen molar-refractivity contribution in [1.82, 2.24) is 0 Å². The Hall–Kier alpha value is -3.48. The molecular formula is C16H9NO6. The van der Waals surface area contributed by atoms with Gasteiger partial charge in [0, 0.05) is 17.7 Å². The zero-order chi connectivity index (χ0) is 16.6. The second-order valence-corrected chi connectivity index (χ2v) is 4.74. The molecule has 0 radical (unpaired) electrons. The SMILES string of the molecule is O=C(O)c1c(-c2ccc([N+](=O)[O-])cc2)oc2ccccc2c1=O. The first kappa shape index (κ1) is 14.5. The van der Waals surface area contributed by atoms with Crippen LogP contribution in [0.2, 0.25) is 0 Å². The summed E-state index contributed by atoms with van der Waals surface area (Å²) in [6.45, 7) is 0. The Labute approximate surface area is 128 Å². The molecule has 0 spiro atoms. The molecule has 0 unspecified atom stereocenters. The van der Waals surface area contributed by atoms with Crippen molar-refractivity contribution in [1.29, 1.82) is 0 Å². The van der Waals surface area contributed by atoms with Gasteiger partial charge in [0.2, 0.25) is 5.43 Å². The molecule has 3 rings (SSSR count). The number of benzene rings is 2. The van der Waals surface area contributed by atoms with E-state index in [1.807, 2.05) is 0 Å². The maximum atomic E-state index is 12.4. The molecule has 0 aliphatic heterocycles. The summed E-state index contributed by atoms with van der Waals surface area (Å²) >= 11 is 0. The summed E-state index contributed by atoms with van der Waals surface area (Å²) in [6.07, 6.45) is 0. The number of carboxylic acids is 1. The van der Waals surface area contributed by atoms with Crippen LogP contribution in [0.1, 0.15) is 10.4 Å². The highest BCUT2D eigenvalue weighted by atomic mass is 16.6. The molecule has 23 heavy (non-hydrogen) atoms. The van der Waals surface area contributed by atoms with Gasteiger partial charge in [-0.05, 0) is 24.3 Å². The van der Waals surface area contributed by atoms with Gasteiger partial charge in [0.1, 0.15) is 5.58 Å². The predicted octanol–water partition coefficient (Wildman–Crippen LogP) is 3.07. The van der Waals surface area contributed by atoms with E-state index in [1.165, 1.54) is 30.3 Å². The molecule has 1 N–H and O–H groups in total. The maximum Gasteiger partial charge on any atom is 0.343 e. The summed E-state index contributed by atoms with van der Waals surface area (Å²) in [5.41, 5.74) is -0.786. The number of carboxylic acid groups (broad SMARTS) is 1. The maximum absolute atomic E-state index is 12.4. The lowest BCUT2D eigenvalue weighted by Gasteiger charge is -2.07. The molecule has 114 valence electrons. The molecule has 3 aromatic rings. The molecular weight excluding hydrogens is 302 g/mol. The summed E-state index contributed by atoms with van der Waals surface area (Å²) < 4.78 is 5.57. The van der Waals surface area contributed by atoms with E-state index in [0.29, 0.717) is 0 Å². The quantitative estimate of drug-likeness (QED) is 0.588. The predicted molar refractivity (Wildman–Crippen MR) is 81.5 cm³/mol. The molecule has 0 aliphatic carbocycles. The van der Waals surface area contributed by atoms with Gasteiger partial charge in [0.05, 0.1) is 10.3 Å². The summed E-state index contributed by atoms with van der Waals surface area (Å²) in [6, 6.07) is 11.4. The van der Waals surface area contributed by atoms with Gasteiger partial charge >= 0.3 is 5.97 Å². The van der Waals surface area contributed by atoms with E-state index in [2.05, 4.69) is 0 Å². The highest BCUT2D eigenvalue weighted by Crippen LogP contribution is 2.27. The topological polar surface area (TPSA) is 111 Å². The number of carbonyl (C=O) groups is 1. The van der Waals surface area contributed by atoms with Crippen molar-refractivity contribution >= 4 is 22.6 Å². The first-order valence-electron chi connectivity index (χ1n) is 6.53. The molecule has 7 nitrogen and oxygen atoms in total. The minimum atomic E-state index is -1.42. The lowest BCUT2D eigenvalue weighted by molar-refractivity contribution is -0.384. The van der Waals surface area contributed by atoms with Crippen LogP contribution in [0.25, 0.3) is 22.3 Å². The minimum Gasteiger partial charge on any atom is -0.477 e. The van der Waals surface area contributed by atoms with Crippen LogP contribution in [0.5, 0.6) is 0 Å². The molecule has 0 fully saturated rings. The number of nitro benzene ring substituents is 1. The van der Waals surface area contributed by atoms with Crippen LogP contribution in [0.3, 0.4) is 0 Å². The molecule has 1 aromatic heterocycles. The molecule has 0 atom stereocenters. The van der Waals surface area contributed by atoms with Gasteiger partial charge in [0.25, 0.3) is 5.69 Å². The first-order chi connectivity index (χ1) is 11.0. The largest absolute Gasteiger partial charge is 0.477 e. The normalized spacial score (nSPS) is 10.6. The number of non-ortho nitro benzene ring substituents is 1. The molecule has 7 heteroatoms. The molecule has 0 saturated carbocycles. The van der Waals surface area contributed by atoms with Gasteiger partial charge in [-0.15, -0.1) is 0 Å². The number of para-hydroxylation sites is 1. The van der Waals surface area contributed by atoms with Crippen molar-refractivity contribution in [3.05, 3.63) is 74.4 Å². The van der Waals surface area contributed by atoms with Crippen LogP contribution >= 0.6 is 0 Å². The van der Waals surface area contributed by atoms with Gasteiger partial charge in [-0.2, -0.15) is 0 Å². The third kappa shape index (κ3) is 2.44. The standard InChI is InChI=1S/C16H9NO6/c18-14-11-3-1-2-4-12(11)23-15(13(14)16(19)20)9-5-7-10(8-6-9)17(21)22/h1-8H,(H,19,20). The lowest BCUT2D eigenvalue weighted by Crippen LogP contribution is -2.16. The molecule has 2 aromatic carbocycles. The molecule has 0 aliphatic rings. The molecule has 0 amide bonds. The zero-order valence-corrected chi connectivity index (χ0v) is 11.6. The van der Waals surface area contributed by atoms with Crippen molar-refractivity contribution in [3.63, 3.8) is 0 Å².